The summed E-state index contributed by atoms with van der Waals surface area (Å²) in [5.41, 5.74) is 4.02. The molecule has 29 heavy (non-hydrogen) atoms. The molecule has 0 aliphatic carbocycles. The van der Waals surface area contributed by atoms with Gasteiger partial charge in [0.25, 0.3) is 0 Å². The van der Waals surface area contributed by atoms with Crippen LogP contribution in [0.5, 0.6) is 11.5 Å². The zero-order valence-electron chi connectivity index (χ0n) is 18.5. The second kappa shape index (κ2) is 8.27. The standard InChI is InChI=1S/C25H32O3S/c1-9-21(26)28-23-17(13-18(29)14-20(23)25(6,7)8)12-16-10-15(2)11-19(22(16)27)24(3,4)5/h9-11,13-14,27,29H,1,12H2,2-8H3. The zero-order valence-corrected chi connectivity index (χ0v) is 19.4. The van der Waals surface area contributed by atoms with Gasteiger partial charge in [-0.3, -0.25) is 0 Å². The number of phenols is 1. The molecule has 0 aromatic heterocycles. The number of benzene rings is 2. The molecule has 156 valence electrons. The summed E-state index contributed by atoms with van der Waals surface area (Å²) in [5.74, 6) is 0.289. The molecule has 0 atom stereocenters. The highest BCUT2D eigenvalue weighted by Crippen LogP contribution is 2.40. The van der Waals surface area contributed by atoms with Crippen LogP contribution in [0.15, 0.2) is 41.8 Å². The third-order valence-electron chi connectivity index (χ3n) is 4.85. The summed E-state index contributed by atoms with van der Waals surface area (Å²) in [4.78, 5) is 12.8. The average Bonchev–Trinajstić information content (AvgIpc) is 2.57. The molecule has 0 unspecified atom stereocenters. The van der Waals surface area contributed by atoms with Gasteiger partial charge in [-0.25, -0.2) is 4.79 Å². The molecule has 0 saturated heterocycles. The van der Waals surface area contributed by atoms with Crippen LogP contribution < -0.4 is 4.74 Å². The Labute approximate surface area is 180 Å². The Hall–Kier alpha value is -2.20. The van der Waals surface area contributed by atoms with E-state index in [1.807, 2.05) is 31.2 Å². The maximum Gasteiger partial charge on any atom is 0.335 e. The quantitative estimate of drug-likeness (QED) is 0.269. The van der Waals surface area contributed by atoms with E-state index in [4.69, 9.17) is 4.74 Å². The lowest BCUT2D eigenvalue weighted by Crippen LogP contribution is -2.17. The highest BCUT2D eigenvalue weighted by atomic mass is 32.1. The predicted molar refractivity (Wildman–Crippen MR) is 123 cm³/mol. The van der Waals surface area contributed by atoms with Gasteiger partial charge in [0.1, 0.15) is 11.5 Å². The molecule has 2 rings (SSSR count). The monoisotopic (exact) mass is 412 g/mol. The van der Waals surface area contributed by atoms with E-state index in [1.165, 1.54) is 0 Å². The van der Waals surface area contributed by atoms with Gasteiger partial charge in [0.2, 0.25) is 0 Å². The van der Waals surface area contributed by atoms with E-state index < -0.39 is 5.97 Å². The Morgan fingerprint density at radius 2 is 1.62 bits per heavy atom. The molecule has 0 bridgehead atoms. The number of carbonyl (C=O) groups is 1. The fraction of sp³-hybridized carbons (Fsp3) is 0.400. The second-order valence-electron chi connectivity index (χ2n) is 9.60. The molecule has 0 aliphatic rings. The number of hydrogen-bond donors (Lipinski definition) is 2. The second-order valence-corrected chi connectivity index (χ2v) is 10.1. The van der Waals surface area contributed by atoms with Crippen LogP contribution in [0.25, 0.3) is 0 Å². The van der Waals surface area contributed by atoms with Crippen LogP contribution >= 0.6 is 12.6 Å². The number of aromatic hydroxyl groups is 1. The van der Waals surface area contributed by atoms with E-state index in [2.05, 4.69) is 60.8 Å². The first-order valence-electron chi connectivity index (χ1n) is 9.77. The first-order chi connectivity index (χ1) is 13.2. The maximum atomic E-state index is 12.0. The molecule has 2 aromatic carbocycles. The minimum Gasteiger partial charge on any atom is -0.507 e. The average molecular weight is 413 g/mol. The normalized spacial score (nSPS) is 12.0. The van der Waals surface area contributed by atoms with Crippen molar-refractivity contribution >= 4 is 18.6 Å². The highest BCUT2D eigenvalue weighted by Gasteiger charge is 2.26. The Kier molecular flexibility index (Phi) is 6.58. The molecule has 0 spiro atoms. The molecule has 0 radical (unpaired) electrons. The fourth-order valence-electron chi connectivity index (χ4n) is 3.39. The van der Waals surface area contributed by atoms with Crippen molar-refractivity contribution < 1.29 is 14.6 Å². The highest BCUT2D eigenvalue weighted by molar-refractivity contribution is 7.80. The molecular formula is C25H32O3S. The van der Waals surface area contributed by atoms with Gasteiger partial charge in [-0.2, -0.15) is 0 Å². The van der Waals surface area contributed by atoms with Crippen LogP contribution in [-0.4, -0.2) is 11.1 Å². The summed E-state index contributed by atoms with van der Waals surface area (Å²) in [7, 11) is 0. The van der Waals surface area contributed by atoms with Gasteiger partial charge in [-0.15, -0.1) is 12.6 Å². The van der Waals surface area contributed by atoms with E-state index in [0.717, 1.165) is 38.8 Å². The molecule has 1 N–H and O–H groups in total. The number of phenolic OH excluding ortho intramolecular Hbond substituents is 1. The van der Waals surface area contributed by atoms with Crippen molar-refractivity contribution in [3.8, 4) is 11.5 Å². The third kappa shape index (κ3) is 5.45. The minimum atomic E-state index is -0.507. The summed E-state index contributed by atoms with van der Waals surface area (Å²) in [6.07, 6.45) is 1.58. The van der Waals surface area contributed by atoms with E-state index in [9.17, 15) is 9.90 Å². The summed E-state index contributed by atoms with van der Waals surface area (Å²) >= 11 is 4.57. The molecule has 4 heteroatoms. The van der Waals surface area contributed by atoms with Crippen molar-refractivity contribution in [2.75, 3.05) is 0 Å². The van der Waals surface area contributed by atoms with Crippen LogP contribution in [0.4, 0.5) is 0 Å². The molecule has 0 saturated carbocycles. The van der Waals surface area contributed by atoms with E-state index >= 15 is 0 Å². The smallest absolute Gasteiger partial charge is 0.335 e. The summed E-state index contributed by atoms with van der Waals surface area (Å²) in [6, 6.07) is 7.82. The van der Waals surface area contributed by atoms with Gasteiger partial charge in [0.05, 0.1) is 0 Å². The van der Waals surface area contributed by atoms with Crippen LogP contribution in [0.2, 0.25) is 0 Å². The van der Waals surface area contributed by atoms with Crippen molar-refractivity contribution in [3.05, 3.63) is 64.7 Å². The molecule has 0 heterocycles. The number of carbonyl (C=O) groups excluding carboxylic acids is 1. The zero-order chi connectivity index (χ0) is 22.1. The van der Waals surface area contributed by atoms with Gasteiger partial charge >= 0.3 is 5.97 Å². The molecule has 0 amide bonds. The topological polar surface area (TPSA) is 46.5 Å². The van der Waals surface area contributed by atoms with Crippen LogP contribution in [0.1, 0.15) is 69.4 Å². The molecule has 0 aliphatic heterocycles. The number of ether oxygens (including phenoxy) is 1. The number of rotatable bonds is 4. The lowest BCUT2D eigenvalue weighted by Gasteiger charge is -2.26. The van der Waals surface area contributed by atoms with Crippen LogP contribution in [0.3, 0.4) is 0 Å². The Balaban J connectivity index is 2.70. The van der Waals surface area contributed by atoms with Gasteiger partial charge in [-0.05, 0) is 41.0 Å². The first kappa shape index (κ1) is 23.1. The van der Waals surface area contributed by atoms with E-state index in [1.54, 1.807) is 0 Å². The van der Waals surface area contributed by atoms with Gasteiger partial charge in [0, 0.05) is 28.5 Å². The van der Waals surface area contributed by atoms with E-state index in [0.29, 0.717) is 12.2 Å². The fourth-order valence-corrected chi connectivity index (χ4v) is 3.67. The van der Waals surface area contributed by atoms with Gasteiger partial charge < -0.3 is 9.84 Å². The van der Waals surface area contributed by atoms with E-state index in [-0.39, 0.29) is 16.6 Å². The predicted octanol–water partition coefficient (Wildman–Crippen LogP) is 6.27. The summed E-state index contributed by atoms with van der Waals surface area (Å²) in [5, 5.41) is 11.0. The number of hydrogen-bond acceptors (Lipinski definition) is 4. The first-order valence-corrected chi connectivity index (χ1v) is 10.2. The Morgan fingerprint density at radius 3 is 2.14 bits per heavy atom. The molecule has 2 aromatic rings. The van der Waals surface area contributed by atoms with Crippen LogP contribution in [-0.2, 0) is 22.0 Å². The number of esters is 1. The lowest BCUT2D eigenvalue weighted by molar-refractivity contribution is -0.129. The van der Waals surface area contributed by atoms with Crippen molar-refractivity contribution in [1.29, 1.82) is 0 Å². The number of thiol groups is 1. The van der Waals surface area contributed by atoms with Crippen molar-refractivity contribution in [2.24, 2.45) is 0 Å². The molecule has 3 nitrogen and oxygen atoms in total. The third-order valence-corrected chi connectivity index (χ3v) is 5.11. The van der Waals surface area contributed by atoms with Gasteiger partial charge in [-0.1, -0.05) is 65.8 Å². The SMILES string of the molecule is C=CC(=O)Oc1c(Cc2cc(C)cc(C(C)(C)C)c2O)cc(S)cc1C(C)(C)C. The summed E-state index contributed by atoms with van der Waals surface area (Å²) in [6.45, 7) is 18.0. The Bertz CT molecular complexity index is 944. The number of aryl methyl sites for hydroxylation is 1. The Morgan fingerprint density at radius 1 is 1.03 bits per heavy atom. The van der Waals surface area contributed by atoms with Gasteiger partial charge in [0.15, 0.2) is 0 Å². The van der Waals surface area contributed by atoms with Crippen molar-refractivity contribution in [2.45, 2.75) is 70.6 Å². The largest absolute Gasteiger partial charge is 0.507 e. The molecular weight excluding hydrogens is 380 g/mol. The van der Waals surface area contributed by atoms with Crippen molar-refractivity contribution in [3.63, 3.8) is 0 Å². The van der Waals surface area contributed by atoms with Crippen molar-refractivity contribution in [1.82, 2.24) is 0 Å². The van der Waals surface area contributed by atoms with Crippen LogP contribution in [0, 0.1) is 6.92 Å². The maximum absolute atomic E-state index is 12.0. The lowest BCUT2D eigenvalue weighted by atomic mass is 9.82. The molecule has 0 fully saturated rings. The minimum absolute atomic E-state index is 0.190. The summed E-state index contributed by atoms with van der Waals surface area (Å²) < 4.78 is 5.67.